The van der Waals surface area contributed by atoms with Crippen LogP contribution in [-0.2, 0) is 11.8 Å². The molecule has 1 atom stereocenters. The number of nitrogens with one attached hydrogen (secondary N) is 1. The summed E-state index contributed by atoms with van der Waals surface area (Å²) in [6.07, 6.45) is 3.17. The molecule has 0 aliphatic carbocycles. The summed E-state index contributed by atoms with van der Waals surface area (Å²) in [4.78, 5) is 12.0. The highest BCUT2D eigenvalue weighted by atomic mass is 32.2. The minimum Gasteiger partial charge on any atom is -0.467 e. The number of carbonyl (C=O) groups excluding carboxylic acids is 1. The molecule has 8 heteroatoms. The van der Waals surface area contributed by atoms with Crippen molar-refractivity contribution < 1.29 is 13.6 Å². The van der Waals surface area contributed by atoms with Gasteiger partial charge in [-0.3, -0.25) is 4.79 Å². The monoisotopic (exact) mass is 332 g/mol. The Hall–Kier alpha value is -2.48. The second-order valence-electron chi connectivity index (χ2n) is 4.94. The fraction of sp³-hybridized carbons (Fsp3) is 0.267. The van der Waals surface area contributed by atoms with Gasteiger partial charge in [-0.05, 0) is 31.2 Å². The van der Waals surface area contributed by atoms with E-state index in [1.54, 1.807) is 29.2 Å². The highest BCUT2D eigenvalue weighted by Crippen LogP contribution is 2.23. The largest absolute Gasteiger partial charge is 0.467 e. The molecular formula is C15H16N4O3S. The van der Waals surface area contributed by atoms with E-state index in [4.69, 9.17) is 8.83 Å². The van der Waals surface area contributed by atoms with Gasteiger partial charge in [-0.25, -0.2) is 0 Å². The fourth-order valence-corrected chi connectivity index (χ4v) is 2.81. The summed E-state index contributed by atoms with van der Waals surface area (Å²) in [5.74, 6) is 2.14. The summed E-state index contributed by atoms with van der Waals surface area (Å²) in [6.45, 7) is 1.87. The Kier molecular flexibility index (Phi) is 4.52. The van der Waals surface area contributed by atoms with Crippen LogP contribution in [0.2, 0.25) is 0 Å². The Labute approximate surface area is 137 Å². The average Bonchev–Trinajstić information content (AvgIpc) is 3.27. The Morgan fingerprint density at radius 1 is 1.30 bits per heavy atom. The number of amides is 1. The van der Waals surface area contributed by atoms with Crippen LogP contribution >= 0.6 is 11.8 Å². The zero-order valence-corrected chi connectivity index (χ0v) is 13.5. The minimum absolute atomic E-state index is 0.0959. The standard InChI is InChI=1S/C15H16N4O3S/c1-10(11-5-3-7-21-11)16-13(20)9-23-15-18-17-14(19(15)2)12-6-4-8-22-12/h3-8,10H,9H2,1-2H3,(H,16,20). The van der Waals surface area contributed by atoms with Crippen molar-refractivity contribution in [3.8, 4) is 11.6 Å². The van der Waals surface area contributed by atoms with Crippen molar-refractivity contribution in [1.82, 2.24) is 20.1 Å². The van der Waals surface area contributed by atoms with E-state index in [9.17, 15) is 4.79 Å². The molecule has 23 heavy (non-hydrogen) atoms. The summed E-state index contributed by atoms with van der Waals surface area (Å²) < 4.78 is 12.4. The SMILES string of the molecule is CC(NC(=O)CSc1nnc(-c2ccco2)n1C)c1ccco1. The van der Waals surface area contributed by atoms with Crippen molar-refractivity contribution in [2.24, 2.45) is 7.05 Å². The number of carbonyl (C=O) groups is 1. The number of rotatable bonds is 6. The summed E-state index contributed by atoms with van der Waals surface area (Å²) in [6, 6.07) is 7.06. The fourth-order valence-electron chi connectivity index (χ4n) is 2.08. The van der Waals surface area contributed by atoms with Crippen molar-refractivity contribution in [3.63, 3.8) is 0 Å². The molecule has 0 bridgehead atoms. The van der Waals surface area contributed by atoms with Crippen LogP contribution in [-0.4, -0.2) is 26.4 Å². The molecule has 1 amide bonds. The summed E-state index contributed by atoms with van der Waals surface area (Å²) >= 11 is 1.32. The third kappa shape index (κ3) is 3.48. The van der Waals surface area contributed by atoms with Gasteiger partial charge in [-0.1, -0.05) is 11.8 Å². The zero-order valence-electron chi connectivity index (χ0n) is 12.7. The van der Waals surface area contributed by atoms with E-state index in [1.165, 1.54) is 11.8 Å². The van der Waals surface area contributed by atoms with Crippen LogP contribution in [0.1, 0.15) is 18.7 Å². The Balaban J connectivity index is 1.57. The molecule has 120 valence electrons. The average molecular weight is 332 g/mol. The molecular weight excluding hydrogens is 316 g/mol. The highest BCUT2D eigenvalue weighted by molar-refractivity contribution is 7.99. The lowest BCUT2D eigenvalue weighted by Gasteiger charge is -2.10. The van der Waals surface area contributed by atoms with Crippen LogP contribution in [0.3, 0.4) is 0 Å². The summed E-state index contributed by atoms with van der Waals surface area (Å²) in [7, 11) is 1.84. The predicted molar refractivity (Wildman–Crippen MR) is 84.7 cm³/mol. The first-order chi connectivity index (χ1) is 11.1. The molecule has 0 radical (unpaired) electrons. The van der Waals surface area contributed by atoms with Gasteiger partial charge in [0.1, 0.15) is 5.76 Å². The maximum absolute atomic E-state index is 12.0. The smallest absolute Gasteiger partial charge is 0.231 e. The molecule has 0 aliphatic rings. The van der Waals surface area contributed by atoms with Crippen molar-refractivity contribution in [2.75, 3.05) is 5.75 Å². The van der Waals surface area contributed by atoms with Crippen LogP contribution in [0, 0.1) is 0 Å². The number of hydrogen-bond donors (Lipinski definition) is 1. The van der Waals surface area contributed by atoms with Gasteiger partial charge >= 0.3 is 0 Å². The van der Waals surface area contributed by atoms with Crippen LogP contribution < -0.4 is 5.32 Å². The number of nitrogens with zero attached hydrogens (tertiary/aromatic N) is 3. The number of furan rings is 2. The molecule has 0 aliphatic heterocycles. The van der Waals surface area contributed by atoms with E-state index in [-0.39, 0.29) is 17.7 Å². The van der Waals surface area contributed by atoms with Gasteiger partial charge in [0, 0.05) is 7.05 Å². The molecule has 3 aromatic rings. The quantitative estimate of drug-likeness (QED) is 0.698. The Morgan fingerprint density at radius 2 is 2.09 bits per heavy atom. The maximum Gasteiger partial charge on any atom is 0.231 e. The minimum atomic E-state index is -0.170. The highest BCUT2D eigenvalue weighted by Gasteiger charge is 2.16. The van der Waals surface area contributed by atoms with Gasteiger partial charge in [0.2, 0.25) is 5.91 Å². The van der Waals surface area contributed by atoms with Gasteiger partial charge in [-0.15, -0.1) is 10.2 Å². The molecule has 1 N–H and O–H groups in total. The zero-order chi connectivity index (χ0) is 16.2. The maximum atomic E-state index is 12.0. The predicted octanol–water partition coefficient (Wildman–Crippen LogP) is 2.64. The van der Waals surface area contributed by atoms with Gasteiger partial charge < -0.3 is 18.7 Å². The van der Waals surface area contributed by atoms with Crippen molar-refractivity contribution in [2.45, 2.75) is 18.1 Å². The molecule has 3 rings (SSSR count). The summed E-state index contributed by atoms with van der Waals surface area (Å²) in [5.41, 5.74) is 0. The molecule has 0 aromatic carbocycles. The third-order valence-electron chi connectivity index (χ3n) is 3.26. The van der Waals surface area contributed by atoms with Crippen molar-refractivity contribution in [1.29, 1.82) is 0 Å². The molecule has 0 saturated carbocycles. The third-order valence-corrected chi connectivity index (χ3v) is 4.28. The second-order valence-corrected chi connectivity index (χ2v) is 5.88. The van der Waals surface area contributed by atoms with Crippen molar-refractivity contribution >= 4 is 17.7 Å². The van der Waals surface area contributed by atoms with Gasteiger partial charge in [0.15, 0.2) is 16.7 Å². The van der Waals surface area contributed by atoms with E-state index in [0.29, 0.717) is 16.7 Å². The Morgan fingerprint density at radius 3 is 2.78 bits per heavy atom. The molecule has 0 saturated heterocycles. The summed E-state index contributed by atoms with van der Waals surface area (Å²) in [5, 5.41) is 11.7. The van der Waals surface area contributed by atoms with Crippen LogP contribution in [0.15, 0.2) is 50.8 Å². The first-order valence-electron chi connectivity index (χ1n) is 7.04. The lowest BCUT2D eigenvalue weighted by Crippen LogP contribution is -2.28. The number of aromatic nitrogens is 3. The van der Waals surface area contributed by atoms with E-state index >= 15 is 0 Å². The lowest BCUT2D eigenvalue weighted by atomic mass is 10.2. The molecule has 7 nitrogen and oxygen atoms in total. The molecule has 0 fully saturated rings. The molecule has 3 aromatic heterocycles. The lowest BCUT2D eigenvalue weighted by molar-refractivity contribution is -0.119. The van der Waals surface area contributed by atoms with Gasteiger partial charge in [0.25, 0.3) is 0 Å². The number of hydrogen-bond acceptors (Lipinski definition) is 6. The van der Waals surface area contributed by atoms with Gasteiger partial charge in [0.05, 0.1) is 24.3 Å². The van der Waals surface area contributed by atoms with Crippen LogP contribution in [0.5, 0.6) is 0 Å². The molecule has 0 spiro atoms. The second kappa shape index (κ2) is 6.74. The normalized spacial score (nSPS) is 12.3. The van der Waals surface area contributed by atoms with Crippen LogP contribution in [0.25, 0.3) is 11.6 Å². The molecule has 1 unspecified atom stereocenters. The first-order valence-corrected chi connectivity index (χ1v) is 8.02. The topological polar surface area (TPSA) is 86.1 Å². The Bertz CT molecular complexity index is 765. The van der Waals surface area contributed by atoms with E-state index in [2.05, 4.69) is 15.5 Å². The van der Waals surface area contributed by atoms with Crippen molar-refractivity contribution in [3.05, 3.63) is 42.6 Å². The van der Waals surface area contributed by atoms with Gasteiger partial charge in [-0.2, -0.15) is 0 Å². The van der Waals surface area contributed by atoms with E-state index in [1.807, 2.05) is 26.1 Å². The van der Waals surface area contributed by atoms with E-state index < -0.39 is 0 Å². The number of thioether (sulfide) groups is 1. The van der Waals surface area contributed by atoms with Crippen LogP contribution in [0.4, 0.5) is 0 Å². The van der Waals surface area contributed by atoms with E-state index in [0.717, 1.165) is 5.76 Å². The molecule has 3 heterocycles. The first kappa shape index (κ1) is 15.4.